The molecule has 2 rings (SSSR count). The van der Waals surface area contributed by atoms with Gasteiger partial charge in [-0.3, -0.25) is 4.90 Å². The minimum absolute atomic E-state index is 0.0142. The lowest BCUT2D eigenvalue weighted by molar-refractivity contribution is -0.0982. The molecule has 2 aliphatic rings. The van der Waals surface area contributed by atoms with Gasteiger partial charge in [-0.25, -0.2) is 0 Å². The standard InChI is InChI=1S/C12H24N2O2/c1-10-6-14(8-12(9-15)16-10)7-11-3-2-4-13-5-11/h10-13,15H,2-9H2,1H3. The number of aliphatic hydroxyl groups excluding tert-OH is 1. The van der Waals surface area contributed by atoms with Gasteiger partial charge in [0.05, 0.1) is 18.8 Å². The number of hydrogen-bond acceptors (Lipinski definition) is 4. The van der Waals surface area contributed by atoms with Crippen LogP contribution in [0.2, 0.25) is 0 Å². The third kappa shape index (κ3) is 3.42. The average Bonchev–Trinajstić information content (AvgIpc) is 2.29. The van der Waals surface area contributed by atoms with Crippen molar-refractivity contribution >= 4 is 0 Å². The van der Waals surface area contributed by atoms with Crippen LogP contribution in [0.5, 0.6) is 0 Å². The summed E-state index contributed by atoms with van der Waals surface area (Å²) in [5.41, 5.74) is 0. The highest BCUT2D eigenvalue weighted by Crippen LogP contribution is 2.16. The molecule has 2 saturated heterocycles. The number of aliphatic hydroxyl groups is 1. The van der Waals surface area contributed by atoms with Crippen molar-refractivity contribution < 1.29 is 9.84 Å². The van der Waals surface area contributed by atoms with Crippen molar-refractivity contribution in [3.63, 3.8) is 0 Å². The van der Waals surface area contributed by atoms with E-state index in [9.17, 15) is 0 Å². The largest absolute Gasteiger partial charge is 0.394 e. The number of hydrogen-bond donors (Lipinski definition) is 2. The Morgan fingerprint density at radius 2 is 2.31 bits per heavy atom. The summed E-state index contributed by atoms with van der Waals surface area (Å²) >= 11 is 0. The predicted molar refractivity (Wildman–Crippen MR) is 63.5 cm³/mol. The molecule has 0 spiro atoms. The first-order valence-corrected chi connectivity index (χ1v) is 6.47. The Bertz CT molecular complexity index is 207. The molecule has 2 heterocycles. The van der Waals surface area contributed by atoms with Crippen LogP contribution in [0.1, 0.15) is 19.8 Å². The topological polar surface area (TPSA) is 44.7 Å². The highest BCUT2D eigenvalue weighted by Gasteiger charge is 2.26. The van der Waals surface area contributed by atoms with Gasteiger partial charge in [0.15, 0.2) is 0 Å². The van der Waals surface area contributed by atoms with Gasteiger partial charge in [0.25, 0.3) is 0 Å². The summed E-state index contributed by atoms with van der Waals surface area (Å²) in [6, 6.07) is 0. The Morgan fingerprint density at radius 3 is 3.00 bits per heavy atom. The predicted octanol–water partition coefficient (Wildman–Crippen LogP) is 0.0676. The smallest absolute Gasteiger partial charge is 0.0936 e. The van der Waals surface area contributed by atoms with Crippen molar-refractivity contribution in [1.82, 2.24) is 10.2 Å². The van der Waals surface area contributed by atoms with Gasteiger partial charge >= 0.3 is 0 Å². The number of piperidine rings is 1. The van der Waals surface area contributed by atoms with Crippen molar-refractivity contribution in [2.75, 3.05) is 39.3 Å². The summed E-state index contributed by atoms with van der Waals surface area (Å²) in [6.07, 6.45) is 2.90. The molecule has 0 aromatic heterocycles. The van der Waals surface area contributed by atoms with Gasteiger partial charge in [0.1, 0.15) is 0 Å². The van der Waals surface area contributed by atoms with Crippen LogP contribution in [0.25, 0.3) is 0 Å². The molecule has 0 saturated carbocycles. The average molecular weight is 228 g/mol. The maximum absolute atomic E-state index is 9.17. The zero-order valence-electron chi connectivity index (χ0n) is 10.2. The molecule has 0 aromatic carbocycles. The van der Waals surface area contributed by atoms with Crippen LogP contribution in [-0.4, -0.2) is 61.5 Å². The number of ether oxygens (including phenoxy) is 1. The Hall–Kier alpha value is -0.160. The fraction of sp³-hybridized carbons (Fsp3) is 1.00. The van der Waals surface area contributed by atoms with E-state index in [1.54, 1.807) is 0 Å². The maximum Gasteiger partial charge on any atom is 0.0936 e. The molecule has 0 amide bonds. The third-order valence-corrected chi connectivity index (χ3v) is 3.52. The van der Waals surface area contributed by atoms with Gasteiger partial charge < -0.3 is 15.2 Å². The third-order valence-electron chi connectivity index (χ3n) is 3.52. The van der Waals surface area contributed by atoms with Gasteiger partial charge in [-0.15, -0.1) is 0 Å². The van der Waals surface area contributed by atoms with E-state index >= 15 is 0 Å². The Kier molecular flexibility index (Phi) is 4.58. The first-order chi connectivity index (χ1) is 7.78. The molecule has 2 N–H and O–H groups in total. The second-order valence-electron chi connectivity index (χ2n) is 5.18. The zero-order valence-corrected chi connectivity index (χ0v) is 10.2. The molecule has 2 fully saturated rings. The summed E-state index contributed by atoms with van der Waals surface area (Å²) in [6.45, 7) is 7.60. The number of nitrogens with zero attached hydrogens (tertiary/aromatic N) is 1. The number of nitrogens with one attached hydrogen (secondary N) is 1. The summed E-state index contributed by atoms with van der Waals surface area (Å²) < 4.78 is 5.65. The fourth-order valence-corrected chi connectivity index (χ4v) is 2.84. The fourth-order valence-electron chi connectivity index (χ4n) is 2.84. The second kappa shape index (κ2) is 5.96. The molecule has 16 heavy (non-hydrogen) atoms. The highest BCUT2D eigenvalue weighted by atomic mass is 16.5. The number of morpholine rings is 1. The van der Waals surface area contributed by atoms with E-state index in [0.29, 0.717) is 0 Å². The minimum atomic E-state index is 0.0142. The van der Waals surface area contributed by atoms with Gasteiger partial charge in [0, 0.05) is 19.6 Å². The van der Waals surface area contributed by atoms with Crippen molar-refractivity contribution in [3.8, 4) is 0 Å². The quantitative estimate of drug-likeness (QED) is 0.717. The molecule has 0 aliphatic carbocycles. The molecule has 0 aromatic rings. The molecule has 94 valence electrons. The monoisotopic (exact) mass is 228 g/mol. The lowest BCUT2D eigenvalue weighted by Crippen LogP contribution is -2.50. The Morgan fingerprint density at radius 1 is 1.44 bits per heavy atom. The van der Waals surface area contributed by atoms with Crippen LogP contribution in [0.3, 0.4) is 0 Å². The van der Waals surface area contributed by atoms with Crippen molar-refractivity contribution in [2.24, 2.45) is 5.92 Å². The summed E-state index contributed by atoms with van der Waals surface area (Å²) in [4.78, 5) is 2.45. The first kappa shape index (κ1) is 12.3. The summed E-state index contributed by atoms with van der Waals surface area (Å²) in [5.74, 6) is 0.776. The van der Waals surface area contributed by atoms with E-state index in [0.717, 1.165) is 32.1 Å². The van der Waals surface area contributed by atoms with Crippen LogP contribution < -0.4 is 5.32 Å². The van der Waals surface area contributed by atoms with E-state index in [4.69, 9.17) is 9.84 Å². The molecular weight excluding hydrogens is 204 g/mol. The van der Waals surface area contributed by atoms with Crippen LogP contribution in [0.4, 0.5) is 0 Å². The highest BCUT2D eigenvalue weighted by molar-refractivity contribution is 4.79. The molecule has 4 heteroatoms. The van der Waals surface area contributed by atoms with Crippen LogP contribution >= 0.6 is 0 Å². The van der Waals surface area contributed by atoms with E-state index in [1.807, 2.05) is 0 Å². The van der Waals surface area contributed by atoms with Crippen molar-refractivity contribution in [3.05, 3.63) is 0 Å². The Labute approximate surface area is 98.0 Å². The van der Waals surface area contributed by atoms with Crippen LogP contribution in [-0.2, 0) is 4.74 Å². The maximum atomic E-state index is 9.17. The lowest BCUT2D eigenvalue weighted by atomic mass is 9.98. The lowest BCUT2D eigenvalue weighted by Gasteiger charge is -2.38. The molecule has 3 unspecified atom stereocenters. The van der Waals surface area contributed by atoms with Gasteiger partial charge in [0.2, 0.25) is 0 Å². The van der Waals surface area contributed by atoms with Crippen molar-refractivity contribution in [1.29, 1.82) is 0 Å². The molecular formula is C12H24N2O2. The van der Waals surface area contributed by atoms with Gasteiger partial charge in [-0.05, 0) is 38.8 Å². The molecule has 2 aliphatic heterocycles. The van der Waals surface area contributed by atoms with Crippen LogP contribution in [0, 0.1) is 5.92 Å². The van der Waals surface area contributed by atoms with E-state index in [2.05, 4.69) is 17.1 Å². The van der Waals surface area contributed by atoms with Crippen LogP contribution in [0.15, 0.2) is 0 Å². The SMILES string of the molecule is CC1CN(CC2CCCNC2)CC(CO)O1. The zero-order chi connectivity index (χ0) is 11.4. The summed E-state index contributed by atoms with van der Waals surface area (Å²) in [7, 11) is 0. The number of rotatable bonds is 3. The second-order valence-corrected chi connectivity index (χ2v) is 5.18. The normalized spacial score (nSPS) is 37.5. The van der Waals surface area contributed by atoms with E-state index in [-0.39, 0.29) is 18.8 Å². The molecule has 3 atom stereocenters. The van der Waals surface area contributed by atoms with Gasteiger partial charge in [-0.1, -0.05) is 0 Å². The first-order valence-electron chi connectivity index (χ1n) is 6.47. The minimum Gasteiger partial charge on any atom is -0.394 e. The summed E-state index contributed by atoms with van der Waals surface area (Å²) in [5, 5.41) is 12.6. The molecule has 0 radical (unpaired) electrons. The van der Waals surface area contributed by atoms with Gasteiger partial charge in [-0.2, -0.15) is 0 Å². The van der Waals surface area contributed by atoms with E-state index < -0.39 is 0 Å². The van der Waals surface area contributed by atoms with Crippen molar-refractivity contribution in [2.45, 2.75) is 32.0 Å². The molecule has 4 nitrogen and oxygen atoms in total. The molecule has 0 bridgehead atoms. The Balaban J connectivity index is 1.78. The van der Waals surface area contributed by atoms with E-state index in [1.165, 1.54) is 19.4 Å².